The molecule has 0 spiro atoms. The van der Waals surface area contributed by atoms with Gasteiger partial charge in [-0.3, -0.25) is 4.79 Å². The summed E-state index contributed by atoms with van der Waals surface area (Å²) in [6.07, 6.45) is 11.6. The Morgan fingerprint density at radius 3 is 2.16 bits per heavy atom. The van der Waals surface area contributed by atoms with E-state index in [1.807, 2.05) is 18.2 Å². The molecule has 3 aliphatic rings. The van der Waals surface area contributed by atoms with Crippen molar-refractivity contribution in [1.82, 2.24) is 21.3 Å². The zero-order valence-electron chi connectivity index (χ0n) is 29.8. The van der Waals surface area contributed by atoms with Gasteiger partial charge in [0.1, 0.15) is 0 Å². The topological polar surface area (TPSA) is 165 Å². The van der Waals surface area contributed by atoms with Crippen LogP contribution in [-0.4, -0.2) is 76.9 Å². The molecule has 12 heteroatoms. The fraction of sp³-hybridized carbons (Fsp3) is 0.632. The summed E-state index contributed by atoms with van der Waals surface area (Å²) >= 11 is 0. The van der Waals surface area contributed by atoms with Gasteiger partial charge in [0.25, 0.3) is 0 Å². The van der Waals surface area contributed by atoms with Gasteiger partial charge in [-0.25, -0.2) is 4.79 Å². The molecule has 2 aromatic carbocycles. The lowest BCUT2D eigenvalue weighted by Crippen LogP contribution is -2.46. The lowest BCUT2D eigenvalue weighted by Gasteiger charge is -2.39. The smallest absolute Gasteiger partial charge is 0.315 e. The molecule has 1 fully saturated rings. The van der Waals surface area contributed by atoms with E-state index in [-0.39, 0.29) is 37.1 Å². The molecule has 4 atom stereocenters. The Morgan fingerprint density at radius 1 is 0.840 bits per heavy atom. The maximum atomic E-state index is 13.3. The fourth-order valence-electron chi connectivity index (χ4n) is 7.49. The molecule has 2 aromatic rings. The van der Waals surface area contributed by atoms with Crippen LogP contribution < -0.4 is 41.2 Å². The third-order valence-electron chi connectivity index (χ3n) is 10.2. The number of aromatic hydroxyl groups is 1. The lowest BCUT2D eigenvalue weighted by atomic mass is 9.65. The van der Waals surface area contributed by atoms with E-state index in [4.69, 9.17) is 24.7 Å². The second kappa shape index (κ2) is 19.0. The Bertz CT molecular complexity index is 1420. The van der Waals surface area contributed by atoms with E-state index >= 15 is 0 Å². The first-order valence-electron chi connectivity index (χ1n) is 18.6. The monoisotopic (exact) mass is 695 g/mol. The number of carbonyl (C=O) groups is 2. The Balaban J connectivity index is 1.07. The van der Waals surface area contributed by atoms with Crippen molar-refractivity contribution in [2.75, 3.05) is 59.8 Å². The van der Waals surface area contributed by atoms with Crippen molar-refractivity contribution in [3.8, 4) is 23.0 Å². The van der Waals surface area contributed by atoms with Crippen molar-refractivity contribution in [3.05, 3.63) is 46.5 Å². The fourth-order valence-corrected chi connectivity index (χ4v) is 7.49. The minimum Gasteiger partial charge on any atom is -0.504 e. The molecule has 0 bridgehead atoms. The molecule has 5 rings (SSSR count). The molecule has 50 heavy (non-hydrogen) atoms. The molecule has 1 saturated heterocycles. The summed E-state index contributed by atoms with van der Waals surface area (Å²) < 4.78 is 22.5. The van der Waals surface area contributed by atoms with Crippen molar-refractivity contribution in [2.24, 2.45) is 17.6 Å². The molecule has 0 radical (unpaired) electrons. The number of cyclic esters (lactones) is 1. The molecule has 2 aliphatic heterocycles. The predicted molar refractivity (Wildman–Crippen MR) is 192 cm³/mol. The van der Waals surface area contributed by atoms with E-state index < -0.39 is 17.9 Å². The van der Waals surface area contributed by atoms with Gasteiger partial charge in [0.15, 0.2) is 23.0 Å². The number of nitrogens with two attached hydrogens (primary N) is 1. The van der Waals surface area contributed by atoms with E-state index in [1.54, 1.807) is 13.0 Å². The van der Waals surface area contributed by atoms with E-state index in [2.05, 4.69) is 21.3 Å². The maximum Gasteiger partial charge on any atom is 0.315 e. The molecular formula is C38H57N5O7. The highest BCUT2D eigenvalue weighted by atomic mass is 16.7. The maximum absolute atomic E-state index is 13.3. The summed E-state index contributed by atoms with van der Waals surface area (Å²) in [4.78, 5) is 26.6. The number of nitrogens with one attached hydrogen (secondary N) is 4. The zero-order valence-corrected chi connectivity index (χ0v) is 29.8. The van der Waals surface area contributed by atoms with Crippen LogP contribution >= 0.6 is 0 Å². The summed E-state index contributed by atoms with van der Waals surface area (Å²) in [6.45, 7) is 7.57. The summed E-state index contributed by atoms with van der Waals surface area (Å²) in [5.74, 6) is 0.0197. The Labute approximate surface area is 296 Å². The molecular weight excluding hydrogens is 638 g/mol. The molecule has 276 valence electrons. The average Bonchev–Trinajstić information content (AvgIpc) is 3.74. The van der Waals surface area contributed by atoms with Crippen LogP contribution in [-0.2, 0) is 9.53 Å². The van der Waals surface area contributed by atoms with Crippen LogP contribution in [0.25, 0.3) is 0 Å². The number of hydrogen-bond acceptors (Lipinski definition) is 10. The normalized spacial score (nSPS) is 20.3. The number of carbonyl (C=O) groups excluding carboxylic acids is 2. The highest BCUT2D eigenvalue weighted by molar-refractivity contribution is 5.80. The van der Waals surface area contributed by atoms with Crippen LogP contribution in [0, 0.1) is 18.8 Å². The van der Waals surface area contributed by atoms with Gasteiger partial charge in [0.2, 0.25) is 6.79 Å². The predicted octanol–water partition coefficient (Wildman–Crippen LogP) is 4.75. The second-order valence-corrected chi connectivity index (χ2v) is 13.7. The SMILES string of the molecule is COc1cc(C2c3cc4c(cc3[C@@H](NC(=O)NCCCCCNCCCNCCCCCCCCN)[C@H]3COC(=O)[C@H]23)OCO4)cc(C)c1O. The molecule has 2 heterocycles. The first-order chi connectivity index (χ1) is 24.4. The number of esters is 1. The minimum absolute atomic E-state index is 0.0609. The molecule has 1 unspecified atom stereocenters. The average molecular weight is 696 g/mol. The number of hydrogen-bond donors (Lipinski definition) is 6. The van der Waals surface area contributed by atoms with Crippen molar-refractivity contribution >= 4 is 12.0 Å². The number of ether oxygens (including phenoxy) is 4. The second-order valence-electron chi connectivity index (χ2n) is 13.7. The van der Waals surface area contributed by atoms with Gasteiger partial charge in [-0.05, 0) is 112 Å². The number of phenols is 1. The quantitative estimate of drug-likeness (QED) is 0.0793. The standard InChI is InChI=1S/C38H57N5O7/c1-25-19-26(20-32(47-2)36(25)44)33-27-21-30-31(50-24-49-30)22-28(27)35(29-23-48-37(45)34(29)33)43-38(46)42-18-11-7-10-15-41-17-12-16-40-14-9-6-4-3-5-8-13-39/h19-22,29,33-35,40-41,44H,3-18,23-24,39H2,1-2H3,(H2,42,43,46)/t29-,33?,34-,35+/m0/s1. The zero-order chi connectivity index (χ0) is 35.3. The first kappa shape index (κ1) is 37.5. The van der Waals surface area contributed by atoms with Crippen LogP contribution in [0.2, 0.25) is 0 Å². The van der Waals surface area contributed by atoms with E-state index in [9.17, 15) is 14.7 Å². The number of aryl methyl sites for hydroxylation is 1. The molecule has 2 amide bonds. The van der Waals surface area contributed by atoms with Crippen LogP contribution in [0.5, 0.6) is 23.0 Å². The highest BCUT2D eigenvalue weighted by Gasteiger charge is 2.53. The van der Waals surface area contributed by atoms with Gasteiger partial charge < -0.3 is 51.1 Å². The van der Waals surface area contributed by atoms with Gasteiger partial charge in [-0.1, -0.05) is 38.2 Å². The number of urea groups is 1. The largest absolute Gasteiger partial charge is 0.504 e. The van der Waals surface area contributed by atoms with Gasteiger partial charge in [0.05, 0.1) is 25.7 Å². The van der Waals surface area contributed by atoms with Gasteiger partial charge in [-0.2, -0.15) is 0 Å². The van der Waals surface area contributed by atoms with Crippen LogP contribution in [0.1, 0.15) is 98.4 Å². The Hall–Kier alpha value is -3.74. The molecule has 1 aliphatic carbocycles. The van der Waals surface area contributed by atoms with Crippen molar-refractivity contribution in [2.45, 2.75) is 83.1 Å². The highest BCUT2D eigenvalue weighted by Crippen LogP contribution is 2.55. The number of unbranched alkanes of at least 4 members (excludes halogenated alkanes) is 7. The Morgan fingerprint density at radius 2 is 1.46 bits per heavy atom. The lowest BCUT2D eigenvalue weighted by molar-refractivity contribution is -0.141. The number of benzene rings is 2. The number of phenolic OH excluding ortho intramolecular Hbond substituents is 1. The van der Waals surface area contributed by atoms with Crippen molar-refractivity contribution < 1.29 is 33.6 Å². The van der Waals surface area contributed by atoms with Gasteiger partial charge in [-0.15, -0.1) is 0 Å². The Kier molecular flexibility index (Phi) is 14.3. The van der Waals surface area contributed by atoms with E-state index in [1.165, 1.54) is 39.2 Å². The number of rotatable bonds is 21. The van der Waals surface area contributed by atoms with E-state index in [0.29, 0.717) is 29.4 Å². The first-order valence-corrected chi connectivity index (χ1v) is 18.6. The summed E-state index contributed by atoms with van der Waals surface area (Å²) in [5, 5.41) is 23.8. The molecule has 0 saturated carbocycles. The van der Waals surface area contributed by atoms with Gasteiger partial charge in [0, 0.05) is 18.4 Å². The molecule has 7 N–H and O–H groups in total. The summed E-state index contributed by atoms with van der Waals surface area (Å²) in [7, 11) is 1.50. The minimum atomic E-state index is -0.549. The molecule has 12 nitrogen and oxygen atoms in total. The number of methoxy groups -OCH3 is 1. The number of fused-ring (bicyclic) bond motifs is 3. The van der Waals surface area contributed by atoms with Crippen molar-refractivity contribution in [3.63, 3.8) is 0 Å². The summed E-state index contributed by atoms with van der Waals surface area (Å²) in [5.41, 5.74) is 8.70. The van der Waals surface area contributed by atoms with Crippen LogP contribution in [0.15, 0.2) is 24.3 Å². The van der Waals surface area contributed by atoms with Crippen LogP contribution in [0.3, 0.4) is 0 Å². The number of amides is 2. The van der Waals surface area contributed by atoms with Gasteiger partial charge >= 0.3 is 12.0 Å². The third-order valence-corrected chi connectivity index (χ3v) is 10.2. The summed E-state index contributed by atoms with van der Waals surface area (Å²) in [6, 6.07) is 6.71. The third kappa shape index (κ3) is 9.52. The van der Waals surface area contributed by atoms with Crippen molar-refractivity contribution in [1.29, 1.82) is 0 Å². The van der Waals surface area contributed by atoms with E-state index in [0.717, 1.165) is 81.5 Å². The van der Waals surface area contributed by atoms with Crippen LogP contribution in [0.4, 0.5) is 4.79 Å². The molecule has 0 aromatic heterocycles.